The number of sulfone groups is 1. The molecule has 1 saturated heterocycles. The van der Waals surface area contributed by atoms with Crippen LogP contribution in [0.15, 0.2) is 35.5 Å². The van der Waals surface area contributed by atoms with Crippen LogP contribution in [0.5, 0.6) is 0 Å². The average Bonchev–Trinajstić information content (AvgIpc) is 3.44. The van der Waals surface area contributed by atoms with Crippen LogP contribution in [0.2, 0.25) is 0 Å². The van der Waals surface area contributed by atoms with Gasteiger partial charge in [-0.2, -0.15) is 0 Å². The molecule has 1 aromatic heterocycles. The van der Waals surface area contributed by atoms with Crippen molar-refractivity contribution in [2.45, 2.75) is 130 Å². The molecule has 2 unspecified atom stereocenters. The van der Waals surface area contributed by atoms with E-state index in [4.69, 9.17) is 4.42 Å². The maximum atomic E-state index is 14.6. The molecule has 0 radical (unpaired) electrons. The second kappa shape index (κ2) is 15.8. The number of Topliss-reactive ketones (excluding diaryl/α,β-unsaturated/α-hetero) is 4. The topological polar surface area (TPSA) is 136 Å². The molecule has 2 heterocycles. The molecule has 9 nitrogen and oxygen atoms in total. The first-order chi connectivity index (χ1) is 23.4. The Balaban J connectivity index is 1.53. The number of amides is 1. The number of nitrogens with zero attached hydrogens (tertiary/aromatic N) is 1. The van der Waals surface area contributed by atoms with Gasteiger partial charge in [-0.1, -0.05) is 73.3 Å². The number of ketones is 4. The molecule has 2 aliphatic carbocycles. The summed E-state index contributed by atoms with van der Waals surface area (Å²) >= 11 is 0. The lowest BCUT2D eigenvalue weighted by Gasteiger charge is -2.39. The van der Waals surface area contributed by atoms with Gasteiger partial charge in [-0.3, -0.25) is 24.0 Å². The van der Waals surface area contributed by atoms with Crippen molar-refractivity contribution in [3.8, 4) is 0 Å². The summed E-state index contributed by atoms with van der Waals surface area (Å²) < 4.78 is 32.0. The highest BCUT2D eigenvalue weighted by molar-refractivity contribution is 7.90. The molecule has 0 aromatic carbocycles. The van der Waals surface area contributed by atoms with Crippen LogP contribution in [0.25, 0.3) is 0 Å². The van der Waals surface area contributed by atoms with E-state index in [0.717, 1.165) is 19.3 Å². The summed E-state index contributed by atoms with van der Waals surface area (Å²) in [5, 5.41) is 0. The predicted octanol–water partition coefficient (Wildman–Crippen LogP) is 7.12. The fourth-order valence-electron chi connectivity index (χ4n) is 8.99. The molecule has 1 amide bonds. The van der Waals surface area contributed by atoms with E-state index < -0.39 is 50.1 Å². The Bertz CT molecular complexity index is 1530. The van der Waals surface area contributed by atoms with Crippen molar-refractivity contribution >= 4 is 38.9 Å². The second-order valence-corrected chi connectivity index (χ2v) is 19.2. The van der Waals surface area contributed by atoms with E-state index in [1.807, 2.05) is 27.7 Å². The van der Waals surface area contributed by atoms with Gasteiger partial charge in [-0.05, 0) is 65.9 Å². The number of likely N-dealkylation sites (tertiary alicyclic amines) is 1. The first kappa shape index (κ1) is 39.9. The number of hydrogen-bond acceptors (Lipinski definition) is 8. The van der Waals surface area contributed by atoms with Crippen LogP contribution in [0.4, 0.5) is 0 Å². The molecule has 0 N–H and O–H groups in total. The summed E-state index contributed by atoms with van der Waals surface area (Å²) in [5.74, 6) is -2.86. The van der Waals surface area contributed by atoms with Gasteiger partial charge in [0.25, 0.3) is 0 Å². The summed E-state index contributed by atoms with van der Waals surface area (Å²) in [4.78, 5) is 70.2. The molecule has 1 aromatic rings. The van der Waals surface area contributed by atoms with Crippen molar-refractivity contribution in [3.63, 3.8) is 0 Å². The van der Waals surface area contributed by atoms with Crippen LogP contribution in [-0.4, -0.2) is 60.7 Å². The maximum Gasteiger partial charge on any atom is 0.227 e. The number of allylic oxidation sites excluding steroid dienone is 1. The maximum absolute atomic E-state index is 14.6. The molecule has 50 heavy (non-hydrogen) atoms. The van der Waals surface area contributed by atoms with E-state index >= 15 is 0 Å². The van der Waals surface area contributed by atoms with Gasteiger partial charge < -0.3 is 9.32 Å². The van der Waals surface area contributed by atoms with E-state index in [2.05, 4.69) is 20.4 Å². The fraction of sp³-hybridized carbons (Fsp3) is 0.725. The van der Waals surface area contributed by atoms with E-state index in [1.54, 1.807) is 23.1 Å². The standard InChI is InChI=1S/C40H59NO8S/c1-8-10-17-32(43)36(45)27(15-9-2)21-33(44)35-34-31(39(34,6)7)24-41(35)37(46)30(38(3,4)5)22-28(42)23-40(18-12-11-13-19-40)26-50(47,48)25-29-16-14-20-49-29/h8,14,16,20,27,30-31,34-35H,1,9-13,15,17-19,21-26H2,2-7H3/t27?,30-,31?,34+,35-/m1/s1. The largest absolute Gasteiger partial charge is 0.468 e. The number of fused-ring (bicyclic) bond motifs is 1. The highest BCUT2D eigenvalue weighted by Crippen LogP contribution is 2.65. The van der Waals surface area contributed by atoms with Gasteiger partial charge in [0.2, 0.25) is 11.7 Å². The minimum absolute atomic E-state index is 0.0345. The van der Waals surface area contributed by atoms with Crippen LogP contribution < -0.4 is 0 Å². The van der Waals surface area contributed by atoms with Crippen molar-refractivity contribution in [1.82, 2.24) is 4.90 Å². The minimum Gasteiger partial charge on any atom is -0.468 e. The average molecular weight is 714 g/mol. The molecule has 2 saturated carbocycles. The number of hydrogen-bond donors (Lipinski definition) is 0. The van der Waals surface area contributed by atoms with Crippen LogP contribution in [0, 0.1) is 39.9 Å². The van der Waals surface area contributed by atoms with E-state index in [9.17, 15) is 32.4 Å². The summed E-state index contributed by atoms with van der Waals surface area (Å²) in [7, 11) is -3.56. The Morgan fingerprint density at radius 1 is 1.08 bits per heavy atom. The molecule has 278 valence electrons. The summed E-state index contributed by atoms with van der Waals surface area (Å²) in [6.45, 7) is 15.9. The van der Waals surface area contributed by atoms with Crippen molar-refractivity contribution in [2.24, 2.45) is 39.9 Å². The van der Waals surface area contributed by atoms with E-state index in [-0.39, 0.29) is 71.9 Å². The Kier molecular flexibility index (Phi) is 12.6. The number of carbonyl (C=O) groups excluding carboxylic acids is 5. The zero-order valence-corrected chi connectivity index (χ0v) is 31.9. The highest BCUT2D eigenvalue weighted by atomic mass is 32.2. The smallest absolute Gasteiger partial charge is 0.227 e. The van der Waals surface area contributed by atoms with Crippen LogP contribution in [-0.2, 0) is 39.6 Å². The van der Waals surface area contributed by atoms with Gasteiger partial charge in [0, 0.05) is 44.1 Å². The summed E-state index contributed by atoms with van der Waals surface area (Å²) in [5.41, 5.74) is -1.43. The minimum atomic E-state index is -3.56. The molecule has 0 bridgehead atoms. The van der Waals surface area contributed by atoms with Crippen LogP contribution >= 0.6 is 0 Å². The Hall–Kier alpha value is -2.88. The second-order valence-electron chi connectivity index (χ2n) is 17.2. The van der Waals surface area contributed by atoms with Crippen molar-refractivity contribution < 1.29 is 36.8 Å². The van der Waals surface area contributed by atoms with Crippen LogP contribution in [0.1, 0.15) is 124 Å². The van der Waals surface area contributed by atoms with E-state index in [0.29, 0.717) is 44.4 Å². The van der Waals surface area contributed by atoms with Crippen molar-refractivity contribution in [1.29, 1.82) is 0 Å². The number of piperidine rings is 1. The lowest BCUT2D eigenvalue weighted by Crippen LogP contribution is -2.51. The first-order valence-electron chi connectivity index (χ1n) is 18.6. The third-order valence-corrected chi connectivity index (χ3v) is 13.6. The molecule has 4 rings (SSSR count). The third kappa shape index (κ3) is 9.31. The van der Waals surface area contributed by atoms with Crippen molar-refractivity contribution in [3.05, 3.63) is 36.8 Å². The van der Waals surface area contributed by atoms with Gasteiger partial charge in [0.05, 0.1) is 18.1 Å². The van der Waals surface area contributed by atoms with Crippen molar-refractivity contribution in [2.75, 3.05) is 12.3 Å². The fourth-order valence-corrected chi connectivity index (χ4v) is 11.0. The Morgan fingerprint density at radius 3 is 2.34 bits per heavy atom. The van der Waals surface area contributed by atoms with Gasteiger partial charge in [-0.15, -0.1) is 6.58 Å². The molecule has 3 aliphatic rings. The summed E-state index contributed by atoms with van der Waals surface area (Å²) in [6, 6.07) is 2.59. The number of carbonyl (C=O) groups is 5. The quantitative estimate of drug-likeness (QED) is 0.109. The number of rotatable bonds is 19. The molecular weight excluding hydrogens is 655 g/mol. The zero-order chi connectivity index (χ0) is 37.1. The molecular formula is C40H59NO8S. The van der Waals surface area contributed by atoms with E-state index in [1.165, 1.54) is 6.26 Å². The highest BCUT2D eigenvalue weighted by Gasteiger charge is 2.69. The molecule has 3 fully saturated rings. The Morgan fingerprint density at radius 2 is 1.76 bits per heavy atom. The molecule has 0 spiro atoms. The van der Waals surface area contributed by atoms with Gasteiger partial charge in [-0.25, -0.2) is 8.42 Å². The predicted molar refractivity (Wildman–Crippen MR) is 193 cm³/mol. The van der Waals surface area contributed by atoms with Gasteiger partial charge in [0.1, 0.15) is 17.3 Å². The first-order valence-corrected chi connectivity index (χ1v) is 20.4. The third-order valence-electron chi connectivity index (χ3n) is 11.9. The van der Waals surface area contributed by atoms with Gasteiger partial charge >= 0.3 is 0 Å². The Labute approximate surface area is 299 Å². The monoisotopic (exact) mass is 713 g/mol. The molecule has 5 atom stereocenters. The lowest BCUT2D eigenvalue weighted by molar-refractivity contribution is -0.148. The summed E-state index contributed by atoms with van der Waals surface area (Å²) in [6.07, 6.45) is 8.51. The SMILES string of the molecule is C=CCCC(=O)C(=O)C(CCC)CC(=O)[C@@H]1[C@@H]2C(CN1C(=O)[C@@H](CC(=O)CC1(CS(=O)(=O)Cc3ccco3)CCCCC1)C(C)(C)C)C2(C)C. The zero-order valence-electron chi connectivity index (χ0n) is 31.1. The normalized spacial score (nSPS) is 23.8. The lowest BCUT2D eigenvalue weighted by atomic mass is 9.70. The number of furan rings is 1. The van der Waals surface area contributed by atoms with Gasteiger partial charge in [0.15, 0.2) is 21.4 Å². The molecule has 1 aliphatic heterocycles. The van der Waals surface area contributed by atoms with Crippen LogP contribution in [0.3, 0.4) is 0 Å². The molecule has 10 heteroatoms.